The van der Waals surface area contributed by atoms with Crippen LogP contribution in [0.15, 0.2) is 77.0 Å². The number of allylic oxidation sites excluding steroid dienone is 1. The first kappa shape index (κ1) is 24.0. The lowest BCUT2D eigenvalue weighted by molar-refractivity contribution is -0.384. The zero-order valence-electron chi connectivity index (χ0n) is 18.8. The van der Waals surface area contributed by atoms with Crippen molar-refractivity contribution in [3.05, 3.63) is 98.3 Å². The van der Waals surface area contributed by atoms with E-state index in [1.165, 1.54) is 12.1 Å². The van der Waals surface area contributed by atoms with Gasteiger partial charge in [0.25, 0.3) is 5.69 Å². The molecule has 0 aliphatic carbocycles. The second kappa shape index (κ2) is 10.8. The van der Waals surface area contributed by atoms with Crippen LogP contribution in [-0.4, -0.2) is 21.1 Å². The smallest absolute Gasteiger partial charge is 0.269 e. The molecular formula is C26H21BrN4O4. The summed E-state index contributed by atoms with van der Waals surface area (Å²) in [5.74, 6) is 1.04. The average Bonchev–Trinajstić information content (AvgIpc) is 3.26. The number of hydrogen-bond acceptors (Lipinski definition) is 6. The Morgan fingerprint density at radius 1 is 1.20 bits per heavy atom. The van der Waals surface area contributed by atoms with Crippen LogP contribution in [0.4, 0.5) is 5.69 Å². The molecule has 4 rings (SSSR count). The van der Waals surface area contributed by atoms with Gasteiger partial charge in [-0.15, -0.1) is 0 Å². The van der Waals surface area contributed by atoms with Crippen molar-refractivity contribution in [2.45, 2.75) is 20.1 Å². The first-order valence-corrected chi connectivity index (χ1v) is 11.6. The fourth-order valence-corrected chi connectivity index (χ4v) is 4.15. The number of non-ortho nitro benzene ring substituents is 1. The average molecular weight is 533 g/mol. The minimum atomic E-state index is -0.439. The number of rotatable bonds is 9. The number of halogens is 1. The van der Waals surface area contributed by atoms with E-state index in [2.05, 4.69) is 27.0 Å². The van der Waals surface area contributed by atoms with Gasteiger partial charge in [-0.3, -0.25) is 10.1 Å². The van der Waals surface area contributed by atoms with Crippen LogP contribution < -0.4 is 9.47 Å². The standard InChI is InChI=1S/C26H21BrN4O4/c1-2-34-25-13-19(11-20(14-28)15-30-17-29-23-5-3-4-6-24(23)30)12-22(27)26(25)35-16-18-7-9-21(10-8-18)31(32)33/h3-13,17H,2,15-16H2,1H3/b20-11-. The third-order valence-electron chi connectivity index (χ3n) is 5.21. The molecule has 3 aromatic carbocycles. The number of imidazole rings is 1. The minimum absolute atomic E-state index is 0.0260. The van der Waals surface area contributed by atoms with Crippen molar-refractivity contribution in [1.29, 1.82) is 5.26 Å². The lowest BCUT2D eigenvalue weighted by atomic mass is 10.1. The summed E-state index contributed by atoms with van der Waals surface area (Å²) in [7, 11) is 0. The van der Waals surface area contributed by atoms with Gasteiger partial charge < -0.3 is 14.0 Å². The molecule has 0 unspecified atom stereocenters. The highest BCUT2D eigenvalue weighted by Crippen LogP contribution is 2.38. The zero-order valence-corrected chi connectivity index (χ0v) is 20.4. The number of nitrogens with zero attached hydrogens (tertiary/aromatic N) is 4. The van der Waals surface area contributed by atoms with E-state index >= 15 is 0 Å². The Morgan fingerprint density at radius 3 is 2.69 bits per heavy atom. The molecular weight excluding hydrogens is 512 g/mol. The van der Waals surface area contributed by atoms with E-state index in [0.717, 1.165) is 22.2 Å². The van der Waals surface area contributed by atoms with Crippen molar-refractivity contribution >= 4 is 38.7 Å². The highest BCUT2D eigenvalue weighted by atomic mass is 79.9. The van der Waals surface area contributed by atoms with Crippen molar-refractivity contribution in [1.82, 2.24) is 9.55 Å². The molecule has 8 nitrogen and oxygen atoms in total. The van der Waals surface area contributed by atoms with E-state index in [0.29, 0.717) is 34.7 Å². The van der Waals surface area contributed by atoms with Gasteiger partial charge in [-0.1, -0.05) is 12.1 Å². The number of ether oxygens (including phenoxy) is 2. The summed E-state index contributed by atoms with van der Waals surface area (Å²) < 4.78 is 14.4. The fraction of sp³-hybridized carbons (Fsp3) is 0.154. The molecule has 0 saturated heterocycles. The van der Waals surface area contributed by atoms with Gasteiger partial charge in [-0.2, -0.15) is 5.26 Å². The van der Waals surface area contributed by atoms with Crippen LogP contribution in [0, 0.1) is 21.4 Å². The number of fused-ring (bicyclic) bond motifs is 1. The maximum atomic E-state index is 10.9. The van der Waals surface area contributed by atoms with Crippen molar-refractivity contribution in [3.8, 4) is 17.6 Å². The number of para-hydroxylation sites is 2. The van der Waals surface area contributed by atoms with Gasteiger partial charge in [-0.25, -0.2) is 4.98 Å². The maximum absolute atomic E-state index is 10.9. The Labute approximate surface area is 210 Å². The third-order valence-corrected chi connectivity index (χ3v) is 5.80. The van der Waals surface area contributed by atoms with Gasteiger partial charge in [0, 0.05) is 17.7 Å². The predicted octanol–water partition coefficient (Wildman–Crippen LogP) is 6.29. The topological polar surface area (TPSA) is 103 Å². The summed E-state index contributed by atoms with van der Waals surface area (Å²) in [4.78, 5) is 14.8. The van der Waals surface area contributed by atoms with Crippen molar-refractivity contribution in [2.24, 2.45) is 0 Å². The minimum Gasteiger partial charge on any atom is -0.490 e. The molecule has 0 N–H and O–H groups in total. The number of nitro benzene ring substituents is 1. The summed E-state index contributed by atoms with van der Waals surface area (Å²) >= 11 is 3.56. The second-order valence-electron chi connectivity index (χ2n) is 7.62. The zero-order chi connectivity index (χ0) is 24.8. The van der Waals surface area contributed by atoms with Gasteiger partial charge in [0.2, 0.25) is 0 Å². The molecule has 0 bridgehead atoms. The molecule has 0 atom stereocenters. The summed E-state index contributed by atoms with van der Waals surface area (Å²) in [6, 6.07) is 19.9. The van der Waals surface area contributed by atoms with Gasteiger partial charge >= 0.3 is 0 Å². The van der Waals surface area contributed by atoms with Gasteiger partial charge in [0.1, 0.15) is 6.61 Å². The van der Waals surface area contributed by atoms with E-state index < -0.39 is 4.92 Å². The fourth-order valence-electron chi connectivity index (χ4n) is 3.58. The number of aromatic nitrogens is 2. The molecule has 1 aromatic heterocycles. The molecule has 0 radical (unpaired) electrons. The van der Waals surface area contributed by atoms with Crippen LogP contribution in [0.25, 0.3) is 17.1 Å². The molecule has 0 aliphatic heterocycles. The Balaban J connectivity index is 1.57. The van der Waals surface area contributed by atoms with E-state index in [1.54, 1.807) is 18.5 Å². The molecule has 0 saturated carbocycles. The van der Waals surface area contributed by atoms with Crippen LogP contribution in [0.2, 0.25) is 0 Å². The maximum Gasteiger partial charge on any atom is 0.269 e. The second-order valence-corrected chi connectivity index (χ2v) is 8.47. The monoisotopic (exact) mass is 532 g/mol. The molecule has 1 heterocycles. The van der Waals surface area contributed by atoms with Gasteiger partial charge in [-0.05, 0) is 76.5 Å². The highest BCUT2D eigenvalue weighted by molar-refractivity contribution is 9.10. The summed E-state index contributed by atoms with van der Waals surface area (Å²) in [5, 5.41) is 20.6. The first-order chi connectivity index (χ1) is 17.0. The van der Waals surface area contributed by atoms with Gasteiger partial charge in [0.15, 0.2) is 11.5 Å². The van der Waals surface area contributed by atoms with E-state index in [9.17, 15) is 15.4 Å². The number of nitro groups is 1. The van der Waals surface area contributed by atoms with E-state index in [4.69, 9.17) is 9.47 Å². The molecule has 35 heavy (non-hydrogen) atoms. The quantitative estimate of drug-likeness (QED) is 0.142. The van der Waals surface area contributed by atoms with E-state index in [-0.39, 0.29) is 12.3 Å². The van der Waals surface area contributed by atoms with Gasteiger partial charge in [0.05, 0.1) is 46.0 Å². The SMILES string of the molecule is CCOc1cc(/C=C(/C#N)Cn2cnc3ccccc32)cc(Br)c1OCc1ccc([N+](=O)[O-])cc1. The number of benzene rings is 3. The number of hydrogen-bond donors (Lipinski definition) is 0. The summed E-state index contributed by atoms with van der Waals surface area (Å²) in [6.45, 7) is 2.90. The lowest BCUT2D eigenvalue weighted by Crippen LogP contribution is -2.02. The molecule has 0 fully saturated rings. The van der Waals surface area contributed by atoms with Crippen LogP contribution >= 0.6 is 15.9 Å². The van der Waals surface area contributed by atoms with Crippen LogP contribution in [0.5, 0.6) is 11.5 Å². The van der Waals surface area contributed by atoms with Crippen LogP contribution in [-0.2, 0) is 13.2 Å². The van der Waals surface area contributed by atoms with Crippen molar-refractivity contribution < 1.29 is 14.4 Å². The molecule has 0 aliphatic rings. The summed E-state index contributed by atoms with van der Waals surface area (Å²) in [6.07, 6.45) is 3.54. The summed E-state index contributed by atoms with van der Waals surface area (Å²) in [5.41, 5.74) is 3.98. The normalized spacial score (nSPS) is 11.3. The van der Waals surface area contributed by atoms with E-state index in [1.807, 2.05) is 54.0 Å². The van der Waals surface area contributed by atoms with Crippen molar-refractivity contribution in [3.63, 3.8) is 0 Å². The Kier molecular flexibility index (Phi) is 7.43. The Morgan fingerprint density at radius 2 is 1.97 bits per heavy atom. The molecule has 4 aromatic rings. The van der Waals surface area contributed by atoms with Crippen molar-refractivity contribution in [2.75, 3.05) is 6.61 Å². The molecule has 0 amide bonds. The molecule has 176 valence electrons. The predicted molar refractivity (Wildman–Crippen MR) is 136 cm³/mol. The largest absolute Gasteiger partial charge is 0.490 e. The highest BCUT2D eigenvalue weighted by Gasteiger charge is 2.14. The Hall–Kier alpha value is -4.16. The first-order valence-electron chi connectivity index (χ1n) is 10.8. The lowest BCUT2D eigenvalue weighted by Gasteiger charge is -2.15. The molecule has 9 heteroatoms. The van der Waals surface area contributed by atoms with Crippen LogP contribution in [0.1, 0.15) is 18.1 Å². The molecule has 0 spiro atoms. The van der Waals surface area contributed by atoms with Crippen LogP contribution in [0.3, 0.4) is 0 Å². The Bertz CT molecular complexity index is 1440. The third kappa shape index (κ3) is 5.67. The number of nitriles is 1.